The summed E-state index contributed by atoms with van der Waals surface area (Å²) in [5.41, 5.74) is 3.65. The molecule has 6 nitrogen and oxygen atoms in total. The number of anilines is 1. The van der Waals surface area contributed by atoms with E-state index in [1.54, 1.807) is 17.4 Å². The van der Waals surface area contributed by atoms with Crippen molar-refractivity contribution in [3.05, 3.63) is 45.4 Å². The molecule has 140 valence electrons. The largest absolute Gasteiger partial charge is 0.338 e. The van der Waals surface area contributed by atoms with Crippen molar-refractivity contribution in [2.45, 2.75) is 39.2 Å². The van der Waals surface area contributed by atoms with E-state index < -0.39 is 10.0 Å². The molecule has 3 rings (SSSR count). The summed E-state index contributed by atoms with van der Waals surface area (Å²) in [6, 6.07) is 5.55. The molecule has 0 aliphatic carbocycles. The van der Waals surface area contributed by atoms with Crippen LogP contribution in [0.25, 0.3) is 0 Å². The molecule has 0 saturated carbocycles. The first kappa shape index (κ1) is 18.8. The molecule has 1 N–H and O–H groups in total. The summed E-state index contributed by atoms with van der Waals surface area (Å²) in [7, 11) is -3.31. The fraction of sp³-hybridized carbons (Fsp3) is 0.444. The van der Waals surface area contributed by atoms with E-state index in [0.717, 1.165) is 40.9 Å². The molecule has 0 radical (unpaired) electrons. The number of thiazole rings is 1. The summed E-state index contributed by atoms with van der Waals surface area (Å²) in [6.45, 7) is 3.12. The topological polar surface area (TPSA) is 79.4 Å². The third-order valence-corrected chi connectivity index (χ3v) is 5.98. The molecule has 2 aromatic rings. The zero-order valence-corrected chi connectivity index (χ0v) is 16.6. The van der Waals surface area contributed by atoms with Gasteiger partial charge in [0.2, 0.25) is 15.9 Å². The van der Waals surface area contributed by atoms with E-state index in [1.807, 2.05) is 29.3 Å². The lowest BCUT2D eigenvalue weighted by Crippen LogP contribution is -2.36. The van der Waals surface area contributed by atoms with Gasteiger partial charge in [-0.15, -0.1) is 11.3 Å². The van der Waals surface area contributed by atoms with Crippen LogP contribution in [0.15, 0.2) is 23.6 Å². The van der Waals surface area contributed by atoms with Crippen LogP contribution in [0.5, 0.6) is 0 Å². The van der Waals surface area contributed by atoms with Gasteiger partial charge in [0.1, 0.15) is 0 Å². The van der Waals surface area contributed by atoms with Crippen LogP contribution in [0.1, 0.15) is 34.7 Å². The maximum absolute atomic E-state index is 12.5. The second-order valence-electron chi connectivity index (χ2n) is 6.62. The predicted octanol–water partition coefficient (Wildman–Crippen LogP) is 2.73. The summed E-state index contributed by atoms with van der Waals surface area (Å²) in [4.78, 5) is 18.8. The Labute approximate surface area is 158 Å². The number of aromatic nitrogens is 1. The van der Waals surface area contributed by atoms with E-state index in [1.165, 1.54) is 0 Å². The first-order valence-corrected chi connectivity index (χ1v) is 11.4. The number of hydrogen-bond acceptors (Lipinski definition) is 5. The van der Waals surface area contributed by atoms with E-state index in [-0.39, 0.29) is 5.91 Å². The molecule has 0 fully saturated rings. The predicted molar refractivity (Wildman–Crippen MR) is 104 cm³/mol. The van der Waals surface area contributed by atoms with Crippen LogP contribution in [-0.2, 0) is 34.2 Å². The van der Waals surface area contributed by atoms with Crippen molar-refractivity contribution < 1.29 is 13.2 Å². The highest BCUT2D eigenvalue weighted by molar-refractivity contribution is 7.92. The van der Waals surface area contributed by atoms with Crippen LogP contribution < -0.4 is 4.72 Å². The van der Waals surface area contributed by atoms with E-state index in [4.69, 9.17) is 0 Å². The number of nitrogens with one attached hydrogen (secondary N) is 1. The lowest BCUT2D eigenvalue weighted by Gasteiger charge is -2.30. The number of carbonyl (C=O) groups excluding carboxylic acids is 1. The van der Waals surface area contributed by atoms with Gasteiger partial charge in [0.05, 0.1) is 17.0 Å². The minimum Gasteiger partial charge on any atom is -0.338 e. The minimum atomic E-state index is -3.31. The summed E-state index contributed by atoms with van der Waals surface area (Å²) in [5, 5.41) is 3.11. The zero-order chi connectivity index (χ0) is 18.7. The Balaban J connectivity index is 1.59. The Morgan fingerprint density at radius 1 is 1.38 bits per heavy atom. The SMILES string of the molecule is Cc1csc(CCCC(=O)N2CCc3c(cccc3NS(C)(=O)=O)C2)n1. The second-order valence-corrected chi connectivity index (χ2v) is 9.31. The van der Waals surface area contributed by atoms with E-state index in [0.29, 0.717) is 31.6 Å². The van der Waals surface area contributed by atoms with Crippen LogP contribution in [0.3, 0.4) is 0 Å². The van der Waals surface area contributed by atoms with Crippen LogP contribution in [0.4, 0.5) is 5.69 Å². The molecule has 1 aliphatic heterocycles. The number of nitrogens with zero attached hydrogens (tertiary/aromatic N) is 2. The molecule has 1 aromatic carbocycles. The van der Waals surface area contributed by atoms with Crippen LogP contribution >= 0.6 is 11.3 Å². The van der Waals surface area contributed by atoms with E-state index in [9.17, 15) is 13.2 Å². The summed E-state index contributed by atoms with van der Waals surface area (Å²) >= 11 is 1.64. The Morgan fingerprint density at radius 3 is 2.88 bits per heavy atom. The average molecular weight is 394 g/mol. The van der Waals surface area contributed by atoms with Crippen molar-refractivity contribution in [3.63, 3.8) is 0 Å². The Hall–Kier alpha value is -1.93. The Morgan fingerprint density at radius 2 is 2.19 bits per heavy atom. The molecule has 8 heteroatoms. The maximum atomic E-state index is 12.5. The number of rotatable bonds is 6. The first-order chi connectivity index (χ1) is 12.3. The van der Waals surface area contributed by atoms with Crippen molar-refractivity contribution in [1.82, 2.24) is 9.88 Å². The molecule has 0 spiro atoms. The van der Waals surface area contributed by atoms with Gasteiger partial charge >= 0.3 is 0 Å². The molecule has 1 aliphatic rings. The number of carbonyl (C=O) groups is 1. The molecule has 0 unspecified atom stereocenters. The molecular weight excluding hydrogens is 370 g/mol. The van der Waals surface area contributed by atoms with Crippen molar-refractivity contribution in [2.24, 2.45) is 0 Å². The second kappa shape index (κ2) is 7.75. The summed E-state index contributed by atoms with van der Waals surface area (Å²) in [6.07, 6.45) is 3.94. The van der Waals surface area contributed by atoms with Gasteiger partial charge in [-0.25, -0.2) is 13.4 Å². The van der Waals surface area contributed by atoms with Gasteiger partial charge in [-0.05, 0) is 43.4 Å². The van der Waals surface area contributed by atoms with Crippen LogP contribution in [-0.4, -0.2) is 37.0 Å². The van der Waals surface area contributed by atoms with Gasteiger partial charge in [0, 0.05) is 30.6 Å². The molecule has 0 atom stereocenters. The van der Waals surface area contributed by atoms with Crippen molar-refractivity contribution in [3.8, 4) is 0 Å². The number of benzene rings is 1. The highest BCUT2D eigenvalue weighted by Crippen LogP contribution is 2.27. The van der Waals surface area contributed by atoms with Crippen molar-refractivity contribution in [1.29, 1.82) is 0 Å². The highest BCUT2D eigenvalue weighted by Gasteiger charge is 2.23. The number of hydrogen-bond donors (Lipinski definition) is 1. The van der Waals surface area contributed by atoms with Gasteiger partial charge in [0.15, 0.2) is 0 Å². The quantitative estimate of drug-likeness (QED) is 0.818. The molecule has 26 heavy (non-hydrogen) atoms. The van der Waals surface area contributed by atoms with E-state index >= 15 is 0 Å². The Bertz CT molecular complexity index is 906. The third-order valence-electron chi connectivity index (χ3n) is 4.36. The van der Waals surface area contributed by atoms with E-state index in [2.05, 4.69) is 9.71 Å². The molecular formula is C18H23N3O3S2. The molecule has 0 saturated heterocycles. The molecule has 0 bridgehead atoms. The number of fused-ring (bicyclic) bond motifs is 1. The lowest BCUT2D eigenvalue weighted by molar-refractivity contribution is -0.132. The number of amides is 1. The van der Waals surface area contributed by atoms with Crippen LogP contribution in [0.2, 0.25) is 0 Å². The highest BCUT2D eigenvalue weighted by atomic mass is 32.2. The first-order valence-electron chi connectivity index (χ1n) is 8.59. The van der Waals surface area contributed by atoms with Gasteiger partial charge in [-0.1, -0.05) is 12.1 Å². The lowest BCUT2D eigenvalue weighted by atomic mass is 9.97. The smallest absolute Gasteiger partial charge is 0.229 e. The summed E-state index contributed by atoms with van der Waals surface area (Å²) < 4.78 is 25.6. The van der Waals surface area contributed by atoms with Crippen molar-refractivity contribution in [2.75, 3.05) is 17.5 Å². The Kier molecular flexibility index (Phi) is 5.62. The van der Waals surface area contributed by atoms with Gasteiger partial charge < -0.3 is 4.90 Å². The van der Waals surface area contributed by atoms with Gasteiger partial charge in [-0.3, -0.25) is 9.52 Å². The van der Waals surface area contributed by atoms with Crippen molar-refractivity contribution >= 4 is 33.0 Å². The normalized spacial score (nSPS) is 14.2. The monoisotopic (exact) mass is 393 g/mol. The maximum Gasteiger partial charge on any atom is 0.229 e. The van der Waals surface area contributed by atoms with Gasteiger partial charge in [-0.2, -0.15) is 0 Å². The molecule has 2 heterocycles. The minimum absolute atomic E-state index is 0.144. The summed E-state index contributed by atoms with van der Waals surface area (Å²) in [5.74, 6) is 0.144. The standard InChI is InChI=1S/C18H23N3O3S2/c1-13-12-25-17(19-13)7-4-8-18(22)21-10-9-15-14(11-21)5-3-6-16(15)20-26(2,23)24/h3,5-6,12,20H,4,7-11H2,1-2H3. The molecule has 1 amide bonds. The number of aryl methyl sites for hydroxylation is 2. The van der Waals surface area contributed by atoms with Gasteiger partial charge in [0.25, 0.3) is 0 Å². The molecule has 1 aromatic heterocycles. The third kappa shape index (κ3) is 4.82. The zero-order valence-electron chi connectivity index (χ0n) is 15.0. The van der Waals surface area contributed by atoms with Crippen LogP contribution in [0, 0.1) is 6.92 Å². The average Bonchev–Trinajstić information content (AvgIpc) is 2.98. The number of sulfonamides is 1. The fourth-order valence-electron chi connectivity index (χ4n) is 3.18. The fourth-order valence-corrected chi connectivity index (χ4v) is 4.59.